The Bertz CT molecular complexity index is 1160. The highest BCUT2D eigenvalue weighted by Crippen LogP contribution is 2.28. The van der Waals surface area contributed by atoms with E-state index in [0.29, 0.717) is 29.0 Å². The number of halogens is 1. The van der Waals surface area contributed by atoms with Gasteiger partial charge in [-0.25, -0.2) is 4.99 Å². The van der Waals surface area contributed by atoms with Gasteiger partial charge < -0.3 is 19.2 Å². The Morgan fingerprint density at radius 2 is 1.76 bits per heavy atom. The number of aromatic nitrogens is 1. The fraction of sp³-hybridized carbons (Fsp3) is 0.320. The number of aliphatic imine (C=N–C) groups is 1. The van der Waals surface area contributed by atoms with Crippen molar-refractivity contribution in [1.82, 2.24) is 9.88 Å². The lowest BCUT2D eigenvalue weighted by atomic mass is 10.1. The van der Waals surface area contributed by atoms with E-state index in [1.165, 1.54) is 5.69 Å². The molecular formula is C25H28ClN5O3. The number of rotatable bonds is 8. The van der Waals surface area contributed by atoms with Crippen LogP contribution < -0.4 is 14.4 Å². The number of pyridine rings is 1. The first-order chi connectivity index (χ1) is 16.6. The first-order valence-corrected chi connectivity index (χ1v) is 11.4. The van der Waals surface area contributed by atoms with Crippen LogP contribution in [-0.2, 0) is 4.84 Å². The van der Waals surface area contributed by atoms with E-state index in [-0.39, 0.29) is 0 Å². The van der Waals surface area contributed by atoms with E-state index in [2.05, 4.69) is 37.7 Å². The van der Waals surface area contributed by atoms with Crippen LogP contribution in [0.15, 0.2) is 58.8 Å². The van der Waals surface area contributed by atoms with Crippen molar-refractivity contribution in [2.75, 3.05) is 58.4 Å². The second-order valence-electron chi connectivity index (χ2n) is 7.83. The van der Waals surface area contributed by atoms with Crippen LogP contribution in [0, 0.1) is 0 Å². The number of benzene rings is 2. The fourth-order valence-corrected chi connectivity index (χ4v) is 4.22. The molecule has 0 saturated carbocycles. The minimum absolute atomic E-state index is 0.382. The number of hydrogen-bond donors (Lipinski definition) is 0. The molecule has 178 valence electrons. The molecule has 3 aromatic rings. The van der Waals surface area contributed by atoms with E-state index in [1.54, 1.807) is 20.3 Å². The van der Waals surface area contributed by atoms with Crippen molar-refractivity contribution >= 4 is 40.8 Å². The van der Waals surface area contributed by atoms with Crippen LogP contribution >= 0.6 is 11.6 Å². The molecule has 0 bridgehead atoms. The van der Waals surface area contributed by atoms with Crippen molar-refractivity contribution in [1.29, 1.82) is 0 Å². The smallest absolute Gasteiger partial charge is 0.251 e. The first kappa shape index (κ1) is 23.8. The van der Waals surface area contributed by atoms with E-state index in [0.717, 1.165) is 49.2 Å². The normalized spacial score (nSPS) is 14.8. The van der Waals surface area contributed by atoms with Gasteiger partial charge in [0.15, 0.2) is 0 Å². The minimum atomic E-state index is 0.382. The lowest BCUT2D eigenvalue weighted by molar-refractivity contribution is 0.263. The zero-order valence-electron chi connectivity index (χ0n) is 19.4. The van der Waals surface area contributed by atoms with Crippen molar-refractivity contribution in [3.63, 3.8) is 0 Å². The third kappa shape index (κ3) is 5.58. The maximum absolute atomic E-state index is 6.13. The van der Waals surface area contributed by atoms with Crippen LogP contribution in [0.25, 0.3) is 10.9 Å². The summed E-state index contributed by atoms with van der Waals surface area (Å²) in [6.07, 6.45) is 1.85. The minimum Gasteiger partial charge on any atom is -0.497 e. The highest BCUT2D eigenvalue weighted by molar-refractivity contribution is 6.31. The predicted octanol–water partition coefficient (Wildman–Crippen LogP) is 4.11. The molecule has 1 aliphatic rings. The van der Waals surface area contributed by atoms with Crippen LogP contribution in [0.3, 0.4) is 0 Å². The van der Waals surface area contributed by atoms with Crippen molar-refractivity contribution in [2.24, 2.45) is 10.1 Å². The lowest BCUT2D eigenvalue weighted by Gasteiger charge is -2.36. The monoisotopic (exact) mass is 481 g/mol. The Morgan fingerprint density at radius 3 is 2.44 bits per heavy atom. The quantitative estimate of drug-likeness (QED) is 0.274. The molecule has 4 rings (SSSR count). The van der Waals surface area contributed by atoms with Gasteiger partial charge in [0.2, 0.25) is 0 Å². The van der Waals surface area contributed by atoms with Gasteiger partial charge in [-0.15, -0.1) is 0 Å². The average Bonchev–Trinajstić information content (AvgIpc) is 2.87. The Balaban J connectivity index is 1.38. The van der Waals surface area contributed by atoms with Crippen LogP contribution in [0.2, 0.25) is 5.02 Å². The molecule has 1 saturated heterocycles. The third-order valence-electron chi connectivity index (χ3n) is 5.82. The van der Waals surface area contributed by atoms with Crippen molar-refractivity contribution in [3.05, 3.63) is 59.2 Å². The number of piperazine rings is 1. The lowest BCUT2D eigenvalue weighted by Crippen LogP contribution is -2.47. The molecule has 0 N–H and O–H groups in total. The van der Waals surface area contributed by atoms with Gasteiger partial charge in [0, 0.05) is 73.4 Å². The van der Waals surface area contributed by atoms with Gasteiger partial charge in [-0.2, -0.15) is 0 Å². The molecule has 2 aromatic carbocycles. The standard InChI is InChI=1S/C25H28ClN5O3/c1-27-34-25(18-14-20(32-2)17-21(15-18)33-3)29-8-9-30-10-12-31(13-11-30)24-6-7-28-23-16-19(26)4-5-22(23)24/h4-7,14-17H,1,8-13H2,2-3H3. The average molecular weight is 482 g/mol. The fourth-order valence-electron chi connectivity index (χ4n) is 4.05. The molecule has 0 amide bonds. The SMILES string of the molecule is C=NOC(=NCCN1CCN(c2ccnc3cc(Cl)ccc23)CC1)c1cc(OC)cc(OC)c1. The summed E-state index contributed by atoms with van der Waals surface area (Å²) in [7, 11) is 3.21. The van der Waals surface area contributed by atoms with Crippen molar-refractivity contribution < 1.29 is 14.3 Å². The highest BCUT2D eigenvalue weighted by Gasteiger charge is 2.19. The molecular weight excluding hydrogens is 454 g/mol. The number of anilines is 1. The van der Waals surface area contributed by atoms with Gasteiger partial charge in [0.05, 0.1) is 26.3 Å². The Kier molecular flexibility index (Phi) is 7.82. The summed E-state index contributed by atoms with van der Waals surface area (Å²) in [5, 5.41) is 5.39. The number of ether oxygens (including phenoxy) is 2. The number of methoxy groups -OCH3 is 2. The van der Waals surface area contributed by atoms with Gasteiger partial charge in [-0.3, -0.25) is 9.88 Å². The largest absolute Gasteiger partial charge is 0.497 e. The zero-order valence-corrected chi connectivity index (χ0v) is 20.2. The molecule has 0 radical (unpaired) electrons. The molecule has 9 heteroatoms. The highest BCUT2D eigenvalue weighted by atomic mass is 35.5. The maximum atomic E-state index is 6.13. The number of nitrogens with zero attached hydrogens (tertiary/aromatic N) is 5. The zero-order chi connectivity index (χ0) is 23.9. The summed E-state index contributed by atoms with van der Waals surface area (Å²) in [5.41, 5.74) is 2.83. The van der Waals surface area contributed by atoms with Gasteiger partial charge in [-0.05, 0) is 36.4 Å². The molecule has 8 nitrogen and oxygen atoms in total. The predicted molar refractivity (Wildman–Crippen MR) is 137 cm³/mol. The van der Waals surface area contributed by atoms with Crippen molar-refractivity contribution in [2.45, 2.75) is 0 Å². The molecule has 0 aliphatic carbocycles. The second-order valence-corrected chi connectivity index (χ2v) is 8.27. The van der Waals surface area contributed by atoms with Crippen LogP contribution in [-0.4, -0.2) is 76.0 Å². The van der Waals surface area contributed by atoms with E-state index < -0.39 is 0 Å². The molecule has 1 fully saturated rings. The third-order valence-corrected chi connectivity index (χ3v) is 6.05. The number of fused-ring (bicyclic) bond motifs is 1. The summed E-state index contributed by atoms with van der Waals surface area (Å²) in [4.78, 5) is 19.2. The van der Waals surface area contributed by atoms with Gasteiger partial charge >= 0.3 is 0 Å². The van der Waals surface area contributed by atoms with Crippen molar-refractivity contribution in [3.8, 4) is 11.5 Å². The maximum Gasteiger partial charge on any atom is 0.251 e. The second kappa shape index (κ2) is 11.2. The van der Waals surface area contributed by atoms with Gasteiger partial charge in [0.25, 0.3) is 5.90 Å². The molecule has 1 aliphatic heterocycles. The van der Waals surface area contributed by atoms with E-state index in [9.17, 15) is 0 Å². The van der Waals surface area contributed by atoms with Crippen LogP contribution in [0.1, 0.15) is 5.56 Å². The van der Waals surface area contributed by atoms with E-state index in [1.807, 2.05) is 36.5 Å². The summed E-state index contributed by atoms with van der Waals surface area (Å²) < 4.78 is 10.7. The summed E-state index contributed by atoms with van der Waals surface area (Å²) >= 11 is 6.13. The summed E-state index contributed by atoms with van der Waals surface area (Å²) in [5.74, 6) is 1.68. The Labute approximate surface area is 204 Å². The summed E-state index contributed by atoms with van der Waals surface area (Å²) in [6.45, 7) is 8.54. The van der Waals surface area contributed by atoms with Gasteiger partial charge in [0.1, 0.15) is 11.5 Å². The molecule has 34 heavy (non-hydrogen) atoms. The Morgan fingerprint density at radius 1 is 1.03 bits per heavy atom. The van der Waals surface area contributed by atoms with E-state index in [4.69, 9.17) is 25.9 Å². The summed E-state index contributed by atoms with van der Waals surface area (Å²) in [6, 6.07) is 13.4. The van der Waals surface area contributed by atoms with Crippen LogP contribution in [0.4, 0.5) is 5.69 Å². The van der Waals surface area contributed by atoms with Gasteiger partial charge in [-0.1, -0.05) is 16.8 Å². The number of oxime groups is 1. The molecule has 0 unspecified atom stereocenters. The first-order valence-electron chi connectivity index (χ1n) is 11.0. The molecule has 2 heterocycles. The van der Waals surface area contributed by atoms with E-state index >= 15 is 0 Å². The Hall–Kier alpha value is -3.36. The topological polar surface area (TPSA) is 71.8 Å². The molecule has 0 atom stereocenters. The molecule has 0 spiro atoms. The number of hydrogen-bond acceptors (Lipinski definition) is 8. The molecule has 1 aromatic heterocycles. The van der Waals surface area contributed by atoms with Crippen LogP contribution in [0.5, 0.6) is 11.5 Å².